The Morgan fingerprint density at radius 1 is 1.35 bits per heavy atom. The van der Waals surface area contributed by atoms with Crippen LogP contribution in [0.1, 0.15) is 5.56 Å². The van der Waals surface area contributed by atoms with E-state index >= 15 is 0 Å². The molecule has 118 valence electrons. The van der Waals surface area contributed by atoms with Gasteiger partial charge >= 0.3 is 6.03 Å². The molecule has 0 aliphatic carbocycles. The van der Waals surface area contributed by atoms with Crippen molar-refractivity contribution in [3.8, 4) is 5.88 Å². The second-order valence-corrected chi connectivity index (χ2v) is 4.78. The number of amides is 2. The third-order valence-corrected chi connectivity index (χ3v) is 3.21. The van der Waals surface area contributed by atoms with Gasteiger partial charge in [0.15, 0.2) is 0 Å². The number of hydrogen-bond acceptors (Lipinski definition) is 4. The Morgan fingerprint density at radius 2 is 2.13 bits per heavy atom. The quantitative estimate of drug-likeness (QED) is 0.689. The molecule has 0 saturated carbocycles. The van der Waals surface area contributed by atoms with Crippen molar-refractivity contribution in [3.63, 3.8) is 0 Å². The Bertz CT molecular complexity index is 832. The maximum absolute atomic E-state index is 12.8. The zero-order chi connectivity index (χ0) is 16.2. The highest BCUT2D eigenvalue weighted by molar-refractivity contribution is 5.91. The van der Waals surface area contributed by atoms with Gasteiger partial charge in [-0.15, -0.1) is 5.10 Å². The Kier molecular flexibility index (Phi) is 4.05. The van der Waals surface area contributed by atoms with Crippen molar-refractivity contribution >= 4 is 22.8 Å². The summed E-state index contributed by atoms with van der Waals surface area (Å²) in [7, 11) is 1.52. The van der Waals surface area contributed by atoms with Gasteiger partial charge in [0, 0.05) is 18.8 Å². The number of rotatable bonds is 4. The Morgan fingerprint density at radius 3 is 2.87 bits per heavy atom. The third-order valence-electron chi connectivity index (χ3n) is 3.21. The number of urea groups is 1. The van der Waals surface area contributed by atoms with E-state index in [1.54, 1.807) is 24.4 Å². The third kappa shape index (κ3) is 3.37. The van der Waals surface area contributed by atoms with Crippen LogP contribution in [0, 0.1) is 5.82 Å². The van der Waals surface area contributed by atoms with Crippen LogP contribution in [0.5, 0.6) is 5.88 Å². The van der Waals surface area contributed by atoms with Crippen molar-refractivity contribution in [2.24, 2.45) is 0 Å². The number of nitrogens with one attached hydrogen (secondary N) is 3. The van der Waals surface area contributed by atoms with E-state index < -0.39 is 6.03 Å². The topological polar surface area (TPSA) is 91.9 Å². The number of halogens is 1. The lowest BCUT2D eigenvalue weighted by molar-refractivity contribution is 0.251. The van der Waals surface area contributed by atoms with E-state index in [-0.39, 0.29) is 12.4 Å². The standard InChI is InChI=1S/C15H14FN5O2/c1-23-14-11-8-17-13(6-12(11)20-21-14)19-15(22)18-7-9-2-4-10(16)5-3-9/h2-6,8H,7H2,1H3,(H,20,21)(H2,17,18,19,22). The molecule has 2 aromatic heterocycles. The summed E-state index contributed by atoms with van der Waals surface area (Å²) in [5.41, 5.74) is 1.49. The van der Waals surface area contributed by atoms with E-state index in [0.29, 0.717) is 17.2 Å². The van der Waals surface area contributed by atoms with Crippen molar-refractivity contribution < 1.29 is 13.9 Å². The minimum atomic E-state index is -0.410. The number of hydrogen-bond donors (Lipinski definition) is 3. The summed E-state index contributed by atoms with van der Waals surface area (Å²) in [4.78, 5) is 16.0. The molecule has 0 bridgehead atoms. The smallest absolute Gasteiger partial charge is 0.320 e. The molecule has 0 fully saturated rings. The number of methoxy groups -OCH3 is 1. The molecular weight excluding hydrogens is 301 g/mol. The van der Waals surface area contributed by atoms with Gasteiger partial charge in [0.1, 0.15) is 11.6 Å². The number of aromatic nitrogens is 3. The number of fused-ring (bicyclic) bond motifs is 1. The van der Waals surface area contributed by atoms with Gasteiger partial charge in [-0.3, -0.25) is 10.4 Å². The number of carbonyl (C=O) groups excluding carboxylic acids is 1. The molecule has 0 radical (unpaired) electrons. The molecule has 0 aliphatic heterocycles. The van der Waals surface area contributed by atoms with Crippen LogP contribution in [-0.4, -0.2) is 28.3 Å². The Labute approximate surface area is 130 Å². The molecule has 0 atom stereocenters. The van der Waals surface area contributed by atoms with E-state index in [2.05, 4.69) is 25.8 Å². The average molecular weight is 315 g/mol. The second kappa shape index (κ2) is 6.30. The first-order valence-electron chi connectivity index (χ1n) is 6.83. The lowest BCUT2D eigenvalue weighted by Gasteiger charge is -2.07. The number of carbonyl (C=O) groups is 1. The lowest BCUT2D eigenvalue weighted by Crippen LogP contribution is -2.28. The van der Waals surface area contributed by atoms with Crippen molar-refractivity contribution in [2.75, 3.05) is 12.4 Å². The fourth-order valence-electron chi connectivity index (χ4n) is 2.06. The zero-order valence-electron chi connectivity index (χ0n) is 12.3. The Hall–Kier alpha value is -3.16. The van der Waals surface area contributed by atoms with Gasteiger partial charge in [-0.25, -0.2) is 14.2 Å². The summed E-state index contributed by atoms with van der Waals surface area (Å²) >= 11 is 0. The maximum Gasteiger partial charge on any atom is 0.320 e. The largest absolute Gasteiger partial charge is 0.479 e. The molecule has 0 spiro atoms. The molecule has 3 aromatic rings. The maximum atomic E-state index is 12.8. The van der Waals surface area contributed by atoms with E-state index in [1.807, 2.05) is 0 Å². The van der Waals surface area contributed by atoms with E-state index in [1.165, 1.54) is 19.2 Å². The fourth-order valence-corrected chi connectivity index (χ4v) is 2.06. The summed E-state index contributed by atoms with van der Waals surface area (Å²) in [6, 6.07) is 7.15. The molecule has 2 heterocycles. The highest BCUT2D eigenvalue weighted by Gasteiger charge is 2.09. The van der Waals surface area contributed by atoms with Gasteiger partial charge < -0.3 is 10.1 Å². The van der Waals surface area contributed by atoms with Gasteiger partial charge in [-0.1, -0.05) is 12.1 Å². The molecule has 3 N–H and O–H groups in total. The molecule has 7 nitrogen and oxygen atoms in total. The number of nitrogens with zero attached hydrogens (tertiary/aromatic N) is 2. The molecule has 8 heteroatoms. The summed E-state index contributed by atoms with van der Waals surface area (Å²) in [5.74, 6) is 0.505. The van der Waals surface area contributed by atoms with Crippen molar-refractivity contribution in [3.05, 3.63) is 47.9 Å². The molecule has 23 heavy (non-hydrogen) atoms. The monoisotopic (exact) mass is 315 g/mol. The number of ether oxygens (including phenoxy) is 1. The van der Waals surface area contributed by atoms with Crippen LogP contribution < -0.4 is 15.4 Å². The molecule has 3 rings (SSSR count). The number of aromatic amines is 1. The number of H-pyrrole nitrogens is 1. The zero-order valence-corrected chi connectivity index (χ0v) is 12.3. The molecular formula is C15H14FN5O2. The highest BCUT2D eigenvalue weighted by atomic mass is 19.1. The number of pyridine rings is 1. The number of benzene rings is 1. The average Bonchev–Trinajstić information content (AvgIpc) is 2.96. The summed E-state index contributed by atoms with van der Waals surface area (Å²) in [5, 5.41) is 12.8. The van der Waals surface area contributed by atoms with Gasteiger partial charge in [-0.2, -0.15) is 0 Å². The minimum absolute atomic E-state index is 0.284. The van der Waals surface area contributed by atoms with Crippen molar-refractivity contribution in [1.82, 2.24) is 20.5 Å². The summed E-state index contributed by atoms with van der Waals surface area (Å²) in [6.07, 6.45) is 1.56. The predicted molar refractivity (Wildman–Crippen MR) is 82.7 cm³/mol. The first kappa shape index (κ1) is 14.8. The summed E-state index contributed by atoms with van der Waals surface area (Å²) < 4.78 is 17.9. The van der Waals surface area contributed by atoms with Crippen LogP contribution >= 0.6 is 0 Å². The molecule has 0 aliphatic rings. The minimum Gasteiger partial charge on any atom is -0.479 e. The first-order valence-corrected chi connectivity index (χ1v) is 6.83. The van der Waals surface area contributed by atoms with Crippen molar-refractivity contribution in [2.45, 2.75) is 6.54 Å². The van der Waals surface area contributed by atoms with Crippen LogP contribution in [0.15, 0.2) is 36.5 Å². The fraction of sp³-hybridized carbons (Fsp3) is 0.133. The molecule has 0 unspecified atom stereocenters. The molecule has 1 aromatic carbocycles. The van der Waals surface area contributed by atoms with Crippen LogP contribution in [-0.2, 0) is 6.54 Å². The van der Waals surface area contributed by atoms with Gasteiger partial charge in [-0.05, 0) is 17.7 Å². The SMILES string of the molecule is COc1n[nH]c2cc(NC(=O)NCc3ccc(F)cc3)ncc12. The highest BCUT2D eigenvalue weighted by Crippen LogP contribution is 2.22. The van der Waals surface area contributed by atoms with Crippen LogP contribution in [0.25, 0.3) is 10.9 Å². The predicted octanol–water partition coefficient (Wildman–Crippen LogP) is 2.43. The van der Waals surface area contributed by atoms with Crippen LogP contribution in [0.2, 0.25) is 0 Å². The molecule has 0 saturated heterocycles. The number of anilines is 1. The lowest BCUT2D eigenvalue weighted by atomic mass is 10.2. The van der Waals surface area contributed by atoms with Crippen LogP contribution in [0.3, 0.4) is 0 Å². The van der Waals surface area contributed by atoms with E-state index in [4.69, 9.17) is 4.74 Å². The van der Waals surface area contributed by atoms with Gasteiger partial charge in [0.25, 0.3) is 0 Å². The van der Waals surface area contributed by atoms with Crippen molar-refractivity contribution in [1.29, 1.82) is 0 Å². The van der Waals surface area contributed by atoms with Crippen LogP contribution in [0.4, 0.5) is 15.0 Å². The van der Waals surface area contributed by atoms with E-state index in [9.17, 15) is 9.18 Å². The molecule has 2 amide bonds. The normalized spacial score (nSPS) is 10.5. The Balaban J connectivity index is 1.62. The van der Waals surface area contributed by atoms with Gasteiger partial charge in [0.05, 0.1) is 18.0 Å². The second-order valence-electron chi connectivity index (χ2n) is 4.78. The van der Waals surface area contributed by atoms with E-state index in [0.717, 1.165) is 10.9 Å². The first-order chi connectivity index (χ1) is 11.2. The van der Waals surface area contributed by atoms with Gasteiger partial charge in [0.2, 0.25) is 5.88 Å². The summed E-state index contributed by atoms with van der Waals surface area (Å²) in [6.45, 7) is 0.284.